The summed E-state index contributed by atoms with van der Waals surface area (Å²) in [6, 6.07) is 13.4. The number of pyridine rings is 1. The average Bonchev–Trinajstić information content (AvgIpc) is 2.81. The molecule has 6 rings (SSSR count). The fraction of sp³-hybridized carbons (Fsp3) is 0.345. The largest absolute Gasteiger partial charge is 0.455 e. The molecule has 1 saturated carbocycles. The van der Waals surface area contributed by atoms with Crippen LogP contribution in [0.4, 0.5) is 0 Å². The Balaban J connectivity index is 1.71. The van der Waals surface area contributed by atoms with Crippen molar-refractivity contribution < 1.29 is 9.30 Å². The van der Waals surface area contributed by atoms with E-state index in [0.29, 0.717) is 5.92 Å². The first-order chi connectivity index (χ1) is 15.1. The lowest BCUT2D eigenvalue weighted by Gasteiger charge is -2.28. The molecule has 1 aromatic heterocycles. The number of rotatable bonds is 1. The molecule has 2 heteroatoms. The van der Waals surface area contributed by atoms with Crippen LogP contribution in [0.1, 0.15) is 60.3 Å². The number of aromatic nitrogens is 1. The maximum absolute atomic E-state index is 6.80. The van der Waals surface area contributed by atoms with Gasteiger partial charge in [0.1, 0.15) is 18.5 Å². The van der Waals surface area contributed by atoms with Gasteiger partial charge in [0.15, 0.2) is 6.20 Å². The summed E-state index contributed by atoms with van der Waals surface area (Å²) in [6.45, 7) is 6.78. The minimum atomic E-state index is 0.663. The highest BCUT2D eigenvalue weighted by molar-refractivity contribution is 6.07. The molecule has 0 atom stereocenters. The van der Waals surface area contributed by atoms with Gasteiger partial charge in [-0.25, -0.2) is 4.57 Å². The number of hydrogen-bond donors (Lipinski definition) is 0. The lowest BCUT2D eigenvalue weighted by atomic mass is 9.80. The van der Waals surface area contributed by atoms with E-state index in [9.17, 15) is 0 Å². The molecule has 2 aliphatic rings. The van der Waals surface area contributed by atoms with Crippen LogP contribution in [0.5, 0.6) is 11.5 Å². The van der Waals surface area contributed by atoms with Gasteiger partial charge in [-0.2, -0.15) is 0 Å². The zero-order valence-corrected chi connectivity index (χ0v) is 19.0. The molecule has 0 unspecified atom stereocenters. The second kappa shape index (κ2) is 6.82. The highest BCUT2D eigenvalue weighted by Gasteiger charge is 2.33. The summed E-state index contributed by atoms with van der Waals surface area (Å²) >= 11 is 0. The van der Waals surface area contributed by atoms with Gasteiger partial charge in [-0.15, -0.1) is 0 Å². The summed E-state index contributed by atoms with van der Waals surface area (Å²) < 4.78 is 9.08. The number of aryl methyl sites for hydroxylation is 4. The van der Waals surface area contributed by atoms with Crippen molar-refractivity contribution in [2.75, 3.05) is 0 Å². The summed E-state index contributed by atoms with van der Waals surface area (Å²) in [7, 11) is 2.17. The first-order valence-corrected chi connectivity index (χ1v) is 11.7. The fourth-order valence-electron chi connectivity index (χ4n) is 6.18. The number of nitrogens with zero attached hydrogens (tertiary/aromatic N) is 1. The van der Waals surface area contributed by atoms with Crippen LogP contribution in [-0.2, 0) is 7.05 Å². The van der Waals surface area contributed by atoms with E-state index in [1.54, 1.807) is 0 Å². The SMILES string of the molecule is Cc1c2c(c(C)c3ccccc13)-c1c3c(cc(C4CCCCC4)c(C)c3cc[n+]1C)O2. The average molecular weight is 409 g/mol. The normalized spacial score (nSPS) is 15.9. The Morgan fingerprint density at radius 1 is 0.839 bits per heavy atom. The molecular formula is C29H30NO+. The molecule has 0 spiro atoms. The van der Waals surface area contributed by atoms with Gasteiger partial charge in [0.05, 0.1) is 10.9 Å². The Hall–Kier alpha value is -2.87. The van der Waals surface area contributed by atoms with Crippen molar-refractivity contribution in [1.29, 1.82) is 0 Å². The third-order valence-corrected chi connectivity index (χ3v) is 7.87. The predicted octanol–water partition coefficient (Wildman–Crippen LogP) is 7.56. The van der Waals surface area contributed by atoms with Gasteiger partial charge in [-0.1, -0.05) is 43.5 Å². The molecule has 2 heterocycles. The van der Waals surface area contributed by atoms with Gasteiger partial charge in [0.25, 0.3) is 0 Å². The Bertz CT molecular complexity index is 1380. The van der Waals surface area contributed by atoms with Gasteiger partial charge in [0.2, 0.25) is 5.69 Å². The Kier molecular flexibility index (Phi) is 4.15. The van der Waals surface area contributed by atoms with Crippen LogP contribution in [0.25, 0.3) is 32.8 Å². The summed E-state index contributed by atoms with van der Waals surface area (Å²) in [4.78, 5) is 0. The number of hydrogen-bond acceptors (Lipinski definition) is 1. The van der Waals surface area contributed by atoms with Crippen molar-refractivity contribution in [3.05, 3.63) is 64.8 Å². The van der Waals surface area contributed by atoms with Gasteiger partial charge >= 0.3 is 0 Å². The number of ether oxygens (including phenoxy) is 1. The molecule has 0 amide bonds. The van der Waals surface area contributed by atoms with Crippen LogP contribution >= 0.6 is 0 Å². The number of benzene rings is 3. The molecule has 0 radical (unpaired) electrons. The van der Waals surface area contributed by atoms with Crippen LogP contribution in [0.15, 0.2) is 42.6 Å². The van der Waals surface area contributed by atoms with Crippen LogP contribution in [0.2, 0.25) is 0 Å². The van der Waals surface area contributed by atoms with Crippen molar-refractivity contribution in [2.24, 2.45) is 7.05 Å². The van der Waals surface area contributed by atoms with E-state index < -0.39 is 0 Å². The van der Waals surface area contributed by atoms with Crippen molar-refractivity contribution in [1.82, 2.24) is 0 Å². The topological polar surface area (TPSA) is 13.1 Å². The number of fused-ring (bicyclic) bond motifs is 3. The van der Waals surface area contributed by atoms with E-state index in [4.69, 9.17) is 4.74 Å². The molecule has 1 aliphatic carbocycles. The van der Waals surface area contributed by atoms with Crippen LogP contribution < -0.4 is 9.30 Å². The lowest BCUT2D eigenvalue weighted by Crippen LogP contribution is -2.32. The molecule has 156 valence electrons. The van der Waals surface area contributed by atoms with Crippen molar-refractivity contribution in [3.8, 4) is 22.8 Å². The van der Waals surface area contributed by atoms with Crippen LogP contribution in [-0.4, -0.2) is 0 Å². The van der Waals surface area contributed by atoms with E-state index in [1.165, 1.54) is 87.2 Å². The first-order valence-electron chi connectivity index (χ1n) is 11.7. The lowest BCUT2D eigenvalue weighted by molar-refractivity contribution is -0.659. The molecule has 1 fully saturated rings. The molecule has 0 saturated heterocycles. The van der Waals surface area contributed by atoms with E-state index in [-0.39, 0.29) is 0 Å². The Morgan fingerprint density at radius 3 is 2.29 bits per heavy atom. The monoisotopic (exact) mass is 408 g/mol. The standard InChI is InChI=1S/C29H30NO/c1-17-23-14-15-30(4)28-26-18(2)21-12-8-9-13-22(21)19(3)29(26)31-25(27(23)28)16-24(17)20-10-6-5-7-11-20/h8-9,12-16,20H,5-7,10-11H2,1-4H3/q+1. The Labute approximate surface area is 184 Å². The van der Waals surface area contributed by atoms with Gasteiger partial charge in [-0.3, -0.25) is 0 Å². The smallest absolute Gasteiger partial charge is 0.228 e. The van der Waals surface area contributed by atoms with Crippen LogP contribution in [0.3, 0.4) is 0 Å². The van der Waals surface area contributed by atoms with Crippen LogP contribution in [0, 0.1) is 20.8 Å². The highest BCUT2D eigenvalue weighted by atomic mass is 16.5. The first kappa shape index (κ1) is 18.9. The zero-order chi connectivity index (χ0) is 21.3. The molecular weight excluding hydrogens is 378 g/mol. The minimum absolute atomic E-state index is 0.663. The van der Waals surface area contributed by atoms with Crippen molar-refractivity contribution in [3.63, 3.8) is 0 Å². The molecule has 2 nitrogen and oxygen atoms in total. The molecule has 3 aromatic carbocycles. The van der Waals surface area contributed by atoms with E-state index in [0.717, 1.165) is 11.5 Å². The quantitative estimate of drug-likeness (QED) is 0.261. The van der Waals surface area contributed by atoms with Crippen molar-refractivity contribution >= 4 is 21.5 Å². The highest BCUT2D eigenvalue weighted by Crippen LogP contribution is 2.52. The van der Waals surface area contributed by atoms with Gasteiger partial charge < -0.3 is 4.74 Å². The molecule has 1 aliphatic heterocycles. The third kappa shape index (κ3) is 2.60. The summed E-state index contributed by atoms with van der Waals surface area (Å²) in [5.41, 5.74) is 8.02. The third-order valence-electron chi connectivity index (χ3n) is 7.87. The van der Waals surface area contributed by atoms with Crippen molar-refractivity contribution in [2.45, 2.75) is 58.8 Å². The summed E-state index contributed by atoms with van der Waals surface area (Å²) in [6.07, 6.45) is 8.92. The zero-order valence-electron chi connectivity index (χ0n) is 19.0. The molecule has 31 heavy (non-hydrogen) atoms. The van der Waals surface area contributed by atoms with E-state index in [1.807, 2.05) is 0 Å². The minimum Gasteiger partial charge on any atom is -0.455 e. The van der Waals surface area contributed by atoms with E-state index in [2.05, 4.69) is 75.0 Å². The molecule has 0 N–H and O–H groups in total. The van der Waals surface area contributed by atoms with Gasteiger partial charge in [0, 0.05) is 17.0 Å². The maximum atomic E-state index is 6.80. The molecule has 4 aromatic rings. The second-order valence-corrected chi connectivity index (χ2v) is 9.59. The van der Waals surface area contributed by atoms with Gasteiger partial charge in [-0.05, 0) is 73.1 Å². The Morgan fingerprint density at radius 2 is 1.55 bits per heavy atom. The summed E-state index contributed by atoms with van der Waals surface area (Å²) in [5.74, 6) is 2.74. The predicted molar refractivity (Wildman–Crippen MR) is 128 cm³/mol. The van der Waals surface area contributed by atoms with E-state index >= 15 is 0 Å². The fourth-order valence-corrected chi connectivity index (χ4v) is 6.18. The molecule has 0 bridgehead atoms. The maximum Gasteiger partial charge on any atom is 0.228 e. The summed E-state index contributed by atoms with van der Waals surface area (Å²) in [5, 5.41) is 5.23. The second-order valence-electron chi connectivity index (χ2n) is 9.59.